The van der Waals surface area contributed by atoms with Crippen molar-refractivity contribution in [2.45, 2.75) is 12.6 Å². The fraction of sp³-hybridized carbons (Fsp3) is 0.133. The quantitative estimate of drug-likeness (QED) is 0.707. The van der Waals surface area contributed by atoms with Crippen molar-refractivity contribution in [3.8, 4) is 0 Å². The molecule has 0 saturated heterocycles. The Hall–Kier alpha value is -1.76. The van der Waals surface area contributed by atoms with Crippen LogP contribution in [0.4, 0.5) is 0 Å². The van der Waals surface area contributed by atoms with Crippen LogP contribution in [0.1, 0.15) is 22.9 Å². The smallest absolute Gasteiger partial charge is 0.138 e. The van der Waals surface area contributed by atoms with Crippen molar-refractivity contribution >= 4 is 27.5 Å². The Morgan fingerprint density at radius 1 is 1.32 bits per heavy atom. The van der Waals surface area contributed by atoms with Crippen LogP contribution in [-0.2, 0) is 6.54 Å². The average molecular weight is 380 g/mol. The SMILES string of the molecule is OC(c1ccn(Cc2cccc(Br)c2)n1)c1cncnc1Cl. The third-order valence-electron chi connectivity index (χ3n) is 3.16. The second-order valence-electron chi connectivity index (χ2n) is 4.74. The first-order valence-corrected chi connectivity index (χ1v) is 7.72. The van der Waals surface area contributed by atoms with Crippen molar-refractivity contribution < 1.29 is 5.11 Å². The van der Waals surface area contributed by atoms with Gasteiger partial charge in [0.2, 0.25) is 0 Å². The summed E-state index contributed by atoms with van der Waals surface area (Å²) in [6.07, 6.45) is 3.70. The Morgan fingerprint density at radius 2 is 2.18 bits per heavy atom. The van der Waals surface area contributed by atoms with E-state index in [9.17, 15) is 5.11 Å². The molecular weight excluding hydrogens is 368 g/mol. The summed E-state index contributed by atoms with van der Waals surface area (Å²) in [5, 5.41) is 15.0. The number of hydrogen-bond donors (Lipinski definition) is 1. The van der Waals surface area contributed by atoms with E-state index in [1.807, 2.05) is 30.5 Å². The Labute approximate surface area is 140 Å². The molecular formula is C15H12BrClN4O. The number of hydrogen-bond acceptors (Lipinski definition) is 4. The minimum absolute atomic E-state index is 0.226. The first kappa shape index (κ1) is 15.1. The molecule has 1 atom stereocenters. The van der Waals surface area contributed by atoms with Gasteiger partial charge in [-0.3, -0.25) is 4.68 Å². The molecule has 5 nitrogen and oxygen atoms in total. The Bertz CT molecular complexity index is 792. The van der Waals surface area contributed by atoms with E-state index in [2.05, 4.69) is 31.0 Å². The minimum Gasteiger partial charge on any atom is -0.382 e. The summed E-state index contributed by atoms with van der Waals surface area (Å²) in [6.45, 7) is 0.616. The maximum Gasteiger partial charge on any atom is 0.138 e. The minimum atomic E-state index is -0.947. The van der Waals surface area contributed by atoms with Crippen LogP contribution in [0.3, 0.4) is 0 Å². The van der Waals surface area contributed by atoms with Crippen LogP contribution < -0.4 is 0 Å². The van der Waals surface area contributed by atoms with Crippen molar-refractivity contribution in [1.82, 2.24) is 19.7 Å². The van der Waals surface area contributed by atoms with Crippen LogP contribution in [0.25, 0.3) is 0 Å². The van der Waals surface area contributed by atoms with Gasteiger partial charge in [0.15, 0.2) is 0 Å². The van der Waals surface area contributed by atoms with Crippen LogP contribution in [-0.4, -0.2) is 24.9 Å². The average Bonchev–Trinajstić information content (AvgIpc) is 2.95. The monoisotopic (exact) mass is 378 g/mol. The second-order valence-corrected chi connectivity index (χ2v) is 6.01. The van der Waals surface area contributed by atoms with E-state index in [1.54, 1.807) is 10.7 Å². The summed E-state index contributed by atoms with van der Waals surface area (Å²) in [5.74, 6) is 0. The van der Waals surface area contributed by atoms with E-state index in [1.165, 1.54) is 12.5 Å². The lowest BCUT2D eigenvalue weighted by atomic mass is 10.1. The zero-order valence-electron chi connectivity index (χ0n) is 11.4. The van der Waals surface area contributed by atoms with Gasteiger partial charge in [0.25, 0.3) is 0 Å². The van der Waals surface area contributed by atoms with Gasteiger partial charge in [-0.15, -0.1) is 0 Å². The number of benzene rings is 1. The summed E-state index contributed by atoms with van der Waals surface area (Å²) in [5.41, 5.74) is 2.06. The number of aliphatic hydroxyl groups is 1. The maximum absolute atomic E-state index is 10.3. The summed E-state index contributed by atoms with van der Waals surface area (Å²) < 4.78 is 2.78. The van der Waals surface area contributed by atoms with Gasteiger partial charge in [-0.25, -0.2) is 9.97 Å². The van der Waals surface area contributed by atoms with E-state index < -0.39 is 6.10 Å². The normalized spacial score (nSPS) is 12.3. The summed E-state index contributed by atoms with van der Waals surface area (Å²) in [6, 6.07) is 9.75. The van der Waals surface area contributed by atoms with Gasteiger partial charge in [0, 0.05) is 22.4 Å². The molecule has 0 bridgehead atoms. The van der Waals surface area contributed by atoms with E-state index in [0.717, 1.165) is 10.0 Å². The highest BCUT2D eigenvalue weighted by molar-refractivity contribution is 9.10. The van der Waals surface area contributed by atoms with Gasteiger partial charge >= 0.3 is 0 Å². The summed E-state index contributed by atoms with van der Waals surface area (Å²) in [4.78, 5) is 7.75. The summed E-state index contributed by atoms with van der Waals surface area (Å²) >= 11 is 9.42. The maximum atomic E-state index is 10.3. The number of aromatic nitrogens is 4. The largest absolute Gasteiger partial charge is 0.382 e. The standard InChI is InChI=1S/C15H12BrClN4O/c16-11-3-1-2-10(6-11)8-21-5-4-13(20-21)14(22)12-7-18-9-19-15(12)17/h1-7,9,14,22H,8H2. The van der Waals surface area contributed by atoms with Gasteiger partial charge < -0.3 is 5.11 Å². The molecule has 22 heavy (non-hydrogen) atoms. The molecule has 112 valence electrons. The van der Waals surface area contributed by atoms with Crippen molar-refractivity contribution in [1.29, 1.82) is 0 Å². The third kappa shape index (κ3) is 3.35. The Morgan fingerprint density at radius 3 is 2.95 bits per heavy atom. The molecule has 0 saturated carbocycles. The third-order valence-corrected chi connectivity index (χ3v) is 3.97. The highest BCUT2D eigenvalue weighted by Crippen LogP contribution is 2.24. The summed E-state index contributed by atoms with van der Waals surface area (Å²) in [7, 11) is 0. The predicted molar refractivity (Wildman–Crippen MR) is 86.6 cm³/mol. The Kier molecular flexibility index (Phi) is 4.52. The predicted octanol–water partition coefficient (Wildman–Crippen LogP) is 3.22. The molecule has 0 aliphatic heterocycles. The van der Waals surface area contributed by atoms with Crippen LogP contribution in [0.5, 0.6) is 0 Å². The van der Waals surface area contributed by atoms with Crippen molar-refractivity contribution in [2.24, 2.45) is 0 Å². The molecule has 3 aromatic rings. The molecule has 0 spiro atoms. The van der Waals surface area contributed by atoms with Crippen LogP contribution >= 0.6 is 27.5 Å². The molecule has 3 rings (SSSR count). The molecule has 0 fully saturated rings. The lowest BCUT2D eigenvalue weighted by Crippen LogP contribution is -2.06. The molecule has 0 amide bonds. The topological polar surface area (TPSA) is 63.8 Å². The van der Waals surface area contributed by atoms with Crippen molar-refractivity contribution in [3.05, 3.63) is 75.5 Å². The van der Waals surface area contributed by atoms with E-state index >= 15 is 0 Å². The number of rotatable bonds is 4. The molecule has 7 heteroatoms. The van der Waals surface area contributed by atoms with Crippen molar-refractivity contribution in [2.75, 3.05) is 0 Å². The second kappa shape index (κ2) is 6.56. The van der Waals surface area contributed by atoms with Gasteiger partial charge in [-0.2, -0.15) is 5.10 Å². The van der Waals surface area contributed by atoms with E-state index in [-0.39, 0.29) is 5.15 Å². The molecule has 0 radical (unpaired) electrons. The molecule has 0 aliphatic carbocycles. The molecule has 1 aromatic carbocycles. The fourth-order valence-corrected chi connectivity index (χ4v) is 2.74. The zero-order chi connectivity index (χ0) is 15.5. The highest BCUT2D eigenvalue weighted by Gasteiger charge is 2.17. The molecule has 2 aromatic heterocycles. The van der Waals surface area contributed by atoms with Gasteiger partial charge in [0.1, 0.15) is 17.6 Å². The molecule has 1 unspecified atom stereocenters. The molecule has 1 N–H and O–H groups in total. The first-order chi connectivity index (χ1) is 10.6. The van der Waals surface area contributed by atoms with Crippen molar-refractivity contribution in [3.63, 3.8) is 0 Å². The van der Waals surface area contributed by atoms with E-state index in [0.29, 0.717) is 17.8 Å². The van der Waals surface area contributed by atoms with Crippen LogP contribution in [0.15, 0.2) is 53.5 Å². The highest BCUT2D eigenvalue weighted by atomic mass is 79.9. The Balaban J connectivity index is 1.80. The van der Waals surface area contributed by atoms with Gasteiger partial charge in [-0.05, 0) is 23.8 Å². The number of nitrogens with zero attached hydrogens (tertiary/aromatic N) is 4. The number of halogens is 2. The number of aliphatic hydroxyl groups excluding tert-OH is 1. The van der Waals surface area contributed by atoms with E-state index in [4.69, 9.17) is 11.6 Å². The fourth-order valence-electron chi connectivity index (χ4n) is 2.10. The molecule has 2 heterocycles. The first-order valence-electron chi connectivity index (χ1n) is 6.55. The zero-order valence-corrected chi connectivity index (χ0v) is 13.7. The van der Waals surface area contributed by atoms with Gasteiger partial charge in [-0.1, -0.05) is 39.7 Å². The van der Waals surface area contributed by atoms with Crippen LogP contribution in [0.2, 0.25) is 5.15 Å². The van der Waals surface area contributed by atoms with Gasteiger partial charge in [0.05, 0.1) is 12.2 Å². The molecule has 0 aliphatic rings. The lowest BCUT2D eigenvalue weighted by molar-refractivity contribution is 0.213. The lowest BCUT2D eigenvalue weighted by Gasteiger charge is -2.08. The van der Waals surface area contributed by atoms with Crippen LogP contribution in [0, 0.1) is 0 Å².